The summed E-state index contributed by atoms with van der Waals surface area (Å²) in [7, 11) is 0. The summed E-state index contributed by atoms with van der Waals surface area (Å²) in [6.45, 7) is -0.751. The molecule has 716 valence electrons. The Morgan fingerprint density at radius 3 is 1.34 bits per heavy atom. The molecule has 6 heterocycles. The molecule has 6 aliphatic rings. The van der Waals surface area contributed by atoms with E-state index in [1.54, 1.807) is 0 Å². The van der Waals surface area contributed by atoms with E-state index in [9.17, 15) is 136 Å². The molecule has 0 aromatic rings. The molecule has 34 atom stereocenters. The van der Waals surface area contributed by atoms with Crippen LogP contribution in [0.25, 0.3) is 0 Å². The normalized spacial score (nSPS) is 35.8. The van der Waals surface area contributed by atoms with Crippen LogP contribution in [0.3, 0.4) is 0 Å². The van der Waals surface area contributed by atoms with Crippen molar-refractivity contribution in [2.45, 2.75) is 422 Å². The van der Waals surface area contributed by atoms with Gasteiger partial charge in [0.15, 0.2) is 25.2 Å². The predicted molar refractivity (Wildman–Crippen MR) is 423 cm³/mol. The second-order valence-electron chi connectivity index (χ2n) is 33.5. The smallest absolute Gasteiger partial charge is 0.364 e. The molecule has 6 saturated heterocycles. The van der Waals surface area contributed by atoms with Gasteiger partial charge in [0.25, 0.3) is 11.6 Å². The highest BCUT2D eigenvalue weighted by atomic mass is 16.8. The number of rotatable bonds is 57. The summed E-state index contributed by atoms with van der Waals surface area (Å²) < 4.78 is 72.5. The van der Waals surface area contributed by atoms with Crippen LogP contribution in [0.1, 0.15) is 221 Å². The van der Waals surface area contributed by atoms with E-state index in [-0.39, 0.29) is 12.8 Å². The molecule has 0 aliphatic carbocycles. The Bertz CT molecular complexity index is 3070. The van der Waals surface area contributed by atoms with E-state index in [1.165, 1.54) is 64.2 Å². The van der Waals surface area contributed by atoms with Gasteiger partial charge in [-0.3, -0.25) is 14.4 Å². The third kappa shape index (κ3) is 30.7. The first kappa shape index (κ1) is 108. The zero-order valence-corrected chi connectivity index (χ0v) is 71.2. The van der Waals surface area contributed by atoms with Crippen LogP contribution in [0, 0.1) is 5.92 Å². The van der Waals surface area contributed by atoms with E-state index < -0.39 is 308 Å². The summed E-state index contributed by atoms with van der Waals surface area (Å²) in [4.78, 5) is 80.4. The monoisotopic (exact) mass is 1780 g/mol. The first-order valence-electron chi connectivity index (χ1n) is 43.8. The number of carboxylic acid groups (broad SMARTS) is 2. The Balaban J connectivity index is 1.35. The summed E-state index contributed by atoms with van der Waals surface area (Å²) >= 11 is 0. The van der Waals surface area contributed by atoms with Gasteiger partial charge in [0, 0.05) is 45.4 Å². The molecule has 42 heteroatoms. The number of unbranched alkanes of at least 4 members (excludes halogenated alkanes) is 22. The second-order valence-corrected chi connectivity index (χ2v) is 33.5. The largest absolute Gasteiger partial charge is 0.477 e. The Morgan fingerprint density at radius 1 is 0.431 bits per heavy atom. The molecule has 24 N–H and O–H groups in total. The van der Waals surface area contributed by atoms with Crippen molar-refractivity contribution in [1.29, 1.82) is 0 Å². The van der Waals surface area contributed by atoms with Gasteiger partial charge in [-0.2, -0.15) is 0 Å². The molecule has 0 bridgehead atoms. The third-order valence-corrected chi connectivity index (χ3v) is 23.7. The number of carbonyl (C=O) groups excluding carboxylic acids is 4. The number of Topliss-reactive ketones (excluding diaryl/α,β-unsaturated/α-hetero) is 1. The van der Waals surface area contributed by atoms with E-state index in [1.807, 2.05) is 0 Å². The highest BCUT2D eigenvalue weighted by Gasteiger charge is 2.64. The molecule has 0 aromatic carbocycles. The van der Waals surface area contributed by atoms with E-state index in [2.05, 4.69) is 29.8 Å². The molecule has 42 nitrogen and oxygen atoms in total. The average Bonchev–Trinajstić information content (AvgIpc) is 0.749. The number of aliphatic carboxylic acids is 2. The summed E-state index contributed by atoms with van der Waals surface area (Å²) in [5.41, 5.74) is 0. The number of carboxylic acids is 2. The predicted octanol–water partition coefficient (Wildman–Crippen LogP) is -4.11. The van der Waals surface area contributed by atoms with Crippen molar-refractivity contribution in [3.63, 3.8) is 0 Å². The first-order valence-corrected chi connectivity index (χ1v) is 43.8. The van der Waals surface area contributed by atoms with Crippen molar-refractivity contribution in [2.75, 3.05) is 46.2 Å². The number of hydrogen-bond donors (Lipinski definition) is 24. The van der Waals surface area contributed by atoms with Crippen LogP contribution in [0.15, 0.2) is 0 Å². The number of ether oxygens (including phenoxy) is 12. The van der Waals surface area contributed by atoms with Crippen LogP contribution in [0.2, 0.25) is 0 Å². The molecule has 0 spiro atoms. The van der Waals surface area contributed by atoms with Gasteiger partial charge in [-0.1, -0.05) is 162 Å². The van der Waals surface area contributed by atoms with E-state index in [0.29, 0.717) is 12.8 Å². The maximum Gasteiger partial charge on any atom is 0.364 e. The second kappa shape index (κ2) is 53.8. The van der Waals surface area contributed by atoms with Crippen LogP contribution in [0.5, 0.6) is 0 Å². The van der Waals surface area contributed by atoms with E-state index >= 15 is 0 Å². The zero-order chi connectivity index (χ0) is 91.0. The Labute approximate surface area is 716 Å². The van der Waals surface area contributed by atoms with Gasteiger partial charge in [-0.15, -0.1) is 0 Å². The van der Waals surface area contributed by atoms with E-state index in [0.717, 1.165) is 97.8 Å². The van der Waals surface area contributed by atoms with Crippen LogP contribution < -0.4 is 16.0 Å². The highest BCUT2D eigenvalue weighted by molar-refractivity contribution is 5.78. The quantitative estimate of drug-likeness (QED) is 0.0257. The minimum Gasteiger partial charge on any atom is -0.477 e. The third-order valence-electron chi connectivity index (χ3n) is 23.7. The molecule has 6 fully saturated rings. The van der Waals surface area contributed by atoms with Crippen molar-refractivity contribution < 1.29 is 193 Å². The Hall–Kier alpha value is -4.22. The van der Waals surface area contributed by atoms with Crippen molar-refractivity contribution >= 4 is 35.4 Å². The van der Waals surface area contributed by atoms with Crippen molar-refractivity contribution in [3.8, 4) is 0 Å². The van der Waals surface area contributed by atoms with Crippen LogP contribution >= 0.6 is 0 Å². The summed E-state index contributed by atoms with van der Waals surface area (Å²) in [5.74, 6) is -16.5. The minimum atomic E-state index is -3.67. The molecular formula is C81H143N3O39. The first-order chi connectivity index (χ1) is 58.6. The van der Waals surface area contributed by atoms with Crippen molar-refractivity contribution in [3.05, 3.63) is 0 Å². The van der Waals surface area contributed by atoms with Gasteiger partial charge in [0.2, 0.25) is 17.7 Å². The molecule has 3 amide bonds. The molecule has 0 saturated carbocycles. The maximum atomic E-state index is 14.4. The summed E-state index contributed by atoms with van der Waals surface area (Å²) in [6, 6.07) is -5.00. The van der Waals surface area contributed by atoms with Gasteiger partial charge in [-0.05, 0) is 19.8 Å². The van der Waals surface area contributed by atoms with Gasteiger partial charge in [0.1, 0.15) is 128 Å². The molecule has 6 aliphatic heterocycles. The van der Waals surface area contributed by atoms with Crippen LogP contribution in [0.4, 0.5) is 0 Å². The fourth-order valence-corrected chi connectivity index (χ4v) is 16.7. The van der Waals surface area contributed by atoms with Gasteiger partial charge >= 0.3 is 11.9 Å². The lowest BCUT2D eigenvalue weighted by atomic mass is 9.86. The molecular weight excluding hydrogens is 1640 g/mol. The average molecular weight is 1780 g/mol. The highest BCUT2D eigenvalue weighted by Crippen LogP contribution is 2.44. The topological polar surface area (TPSA) is 674 Å². The number of nitrogens with one attached hydrogen (secondary N) is 3. The number of aliphatic hydroxyl groups is 19. The number of aliphatic hydroxyl groups excluding tert-OH is 19. The number of hydrogen-bond acceptors (Lipinski definition) is 37. The Kier molecular flexibility index (Phi) is 47.0. The summed E-state index contributed by atoms with van der Waals surface area (Å²) in [5, 5.41) is 245. The fraction of sp³-hybridized carbons (Fsp3) is 0.926. The SMILES string of the molecule is CCCCCCCCCCCCCCCC(O)C(COC1OC(CO)C(OC2OC(CO)C(OC3OC(CO)C(O)C(OC4OC(CO)C(O)C(O)C4O)C3CC(C)=O)C(OC3(C(=O)O)CC(O)C(NC(C)=O)C(C(O)C(CO)OC4(C(=O)O)CC(O)C(NC(C)=O)C(C(O)C(O)CO)O4)O3)C2O)C(O)C1O)NC(=O)CCCCCCCCCCCCC. The van der Waals surface area contributed by atoms with Crippen LogP contribution in [-0.2, 0) is 85.6 Å². The van der Waals surface area contributed by atoms with Gasteiger partial charge in [0.05, 0.1) is 88.8 Å². The number of amides is 3. The fourth-order valence-electron chi connectivity index (χ4n) is 16.7. The molecule has 0 aromatic heterocycles. The van der Waals surface area contributed by atoms with Crippen molar-refractivity contribution in [2.24, 2.45) is 5.92 Å². The summed E-state index contributed by atoms with van der Waals surface area (Å²) in [6.07, 6.45) is -39.0. The van der Waals surface area contributed by atoms with E-state index in [4.69, 9.17) is 56.8 Å². The molecule has 123 heavy (non-hydrogen) atoms. The minimum absolute atomic E-state index is 0.111. The zero-order valence-electron chi connectivity index (χ0n) is 71.2. The number of carbonyl (C=O) groups is 6. The standard InChI is InChI=1S/C81H143N3O39/c1-6-8-10-12-14-16-18-19-21-22-24-26-28-30-47(94)46(84-56(98)31-29-27-25-23-20-17-15-13-11-9-7-2)41-112-75-66(106)64(104)69(54(39-89)115-75)118-77-67(107)73(70(55(40-90)116-77)119-74-45(32-42(3)91)68(61(101)52(37-87)113-74)117-76-65(105)63(103)60(100)51(36-86)114-76)123-81(79(110)111)34-49(96)58(83-44(5)93)72(122-81)62(102)53(38-88)120-80(78(108)109)33-48(95)57(82-43(4)92)71(121-80)59(99)50(97)35-85/h45-55,57-77,85-90,94-97,99-107H,6-41H2,1-5H3,(H,82,92)(H,83,93)(H,84,98)(H,108,109)(H,110,111). The Morgan fingerprint density at radius 2 is 0.854 bits per heavy atom. The maximum absolute atomic E-state index is 14.4. The lowest BCUT2D eigenvalue weighted by Gasteiger charge is -2.53. The van der Waals surface area contributed by atoms with Gasteiger partial charge < -0.3 is 185 Å². The lowest BCUT2D eigenvalue weighted by Crippen LogP contribution is -2.72. The lowest BCUT2D eigenvalue weighted by molar-refractivity contribution is -0.407. The molecule has 34 unspecified atom stereocenters. The van der Waals surface area contributed by atoms with Gasteiger partial charge in [-0.25, -0.2) is 9.59 Å². The van der Waals surface area contributed by atoms with Crippen LogP contribution in [-0.4, -0.2) is 390 Å². The number of ketones is 1. The van der Waals surface area contributed by atoms with Crippen molar-refractivity contribution in [1.82, 2.24) is 16.0 Å². The molecule has 6 rings (SSSR count). The molecule has 0 radical (unpaired) electrons.